The van der Waals surface area contributed by atoms with E-state index in [1.807, 2.05) is 24.3 Å². The maximum absolute atomic E-state index is 12.0. The van der Waals surface area contributed by atoms with Gasteiger partial charge in [0, 0.05) is 5.69 Å². The van der Waals surface area contributed by atoms with Crippen LogP contribution < -0.4 is 9.64 Å². The predicted molar refractivity (Wildman–Crippen MR) is 81.5 cm³/mol. The first-order valence-electron chi connectivity index (χ1n) is 7.86. The zero-order chi connectivity index (χ0) is 14.8. The second-order valence-corrected chi connectivity index (χ2v) is 6.16. The zero-order valence-electron chi connectivity index (χ0n) is 12.5. The number of methoxy groups -OCH3 is 1. The van der Waals surface area contributed by atoms with Gasteiger partial charge in [0.1, 0.15) is 5.75 Å². The van der Waals surface area contributed by atoms with Crippen molar-refractivity contribution in [2.24, 2.45) is 5.92 Å². The average molecular weight is 289 g/mol. The third kappa shape index (κ3) is 2.77. The zero-order valence-corrected chi connectivity index (χ0v) is 12.5. The van der Waals surface area contributed by atoms with E-state index in [2.05, 4.69) is 0 Å². The van der Waals surface area contributed by atoms with Crippen molar-refractivity contribution in [1.82, 2.24) is 0 Å². The Hall–Kier alpha value is -1.55. The maximum Gasteiger partial charge on any atom is 0.258 e. The monoisotopic (exact) mass is 289 g/mol. The number of rotatable bonds is 4. The quantitative estimate of drug-likeness (QED) is 0.867. The smallest absolute Gasteiger partial charge is 0.258 e. The van der Waals surface area contributed by atoms with Crippen LogP contribution in [0.2, 0.25) is 0 Å². The normalized spacial score (nSPS) is 26.6. The van der Waals surface area contributed by atoms with Gasteiger partial charge in [-0.1, -0.05) is 32.1 Å². The van der Waals surface area contributed by atoms with Gasteiger partial charge >= 0.3 is 0 Å². The van der Waals surface area contributed by atoms with Crippen molar-refractivity contribution in [2.45, 2.75) is 50.7 Å². The molecule has 2 fully saturated rings. The minimum atomic E-state index is -0.825. The Morgan fingerprint density at radius 1 is 1.19 bits per heavy atom. The highest BCUT2D eigenvalue weighted by Crippen LogP contribution is 2.36. The van der Waals surface area contributed by atoms with E-state index >= 15 is 0 Å². The minimum Gasteiger partial charge on any atom is -0.497 e. The summed E-state index contributed by atoms with van der Waals surface area (Å²) in [4.78, 5) is 13.8. The number of hydrogen-bond donors (Lipinski definition) is 1. The van der Waals surface area contributed by atoms with Gasteiger partial charge in [-0.25, -0.2) is 0 Å². The molecule has 114 valence electrons. The van der Waals surface area contributed by atoms with Crippen molar-refractivity contribution in [2.75, 3.05) is 12.0 Å². The second-order valence-electron chi connectivity index (χ2n) is 6.16. The van der Waals surface area contributed by atoms with Crippen molar-refractivity contribution in [3.63, 3.8) is 0 Å². The molecule has 21 heavy (non-hydrogen) atoms. The van der Waals surface area contributed by atoms with Crippen molar-refractivity contribution >= 4 is 11.6 Å². The van der Waals surface area contributed by atoms with Gasteiger partial charge in [0.25, 0.3) is 5.91 Å². The Morgan fingerprint density at radius 3 is 2.48 bits per heavy atom. The van der Waals surface area contributed by atoms with E-state index in [4.69, 9.17) is 4.74 Å². The van der Waals surface area contributed by atoms with Crippen LogP contribution in [0.1, 0.15) is 38.5 Å². The van der Waals surface area contributed by atoms with Crippen LogP contribution in [0.4, 0.5) is 5.69 Å². The molecule has 0 bridgehead atoms. The van der Waals surface area contributed by atoms with E-state index < -0.39 is 6.10 Å². The lowest BCUT2D eigenvalue weighted by Crippen LogP contribution is -2.65. The molecule has 1 aromatic rings. The van der Waals surface area contributed by atoms with Crippen LogP contribution in [-0.4, -0.2) is 30.3 Å². The molecule has 2 aliphatic rings. The number of β-lactam (4-membered cyclic amide) rings is 1. The fraction of sp³-hybridized carbons (Fsp3) is 0.588. The van der Waals surface area contributed by atoms with Crippen molar-refractivity contribution in [3.8, 4) is 5.75 Å². The van der Waals surface area contributed by atoms with E-state index in [1.165, 1.54) is 32.1 Å². The Kier molecular flexibility index (Phi) is 4.15. The molecule has 1 saturated heterocycles. The Morgan fingerprint density at radius 2 is 1.86 bits per heavy atom. The molecular formula is C17H23NO3. The van der Waals surface area contributed by atoms with Crippen LogP contribution >= 0.6 is 0 Å². The highest BCUT2D eigenvalue weighted by atomic mass is 16.5. The molecule has 1 amide bonds. The molecule has 1 N–H and O–H groups in total. The summed E-state index contributed by atoms with van der Waals surface area (Å²) in [5.41, 5.74) is 0.854. The lowest BCUT2D eigenvalue weighted by molar-refractivity contribution is -0.137. The molecule has 4 heteroatoms. The van der Waals surface area contributed by atoms with Crippen LogP contribution in [0, 0.1) is 5.92 Å². The summed E-state index contributed by atoms with van der Waals surface area (Å²) in [6.07, 6.45) is 6.44. The van der Waals surface area contributed by atoms with Gasteiger partial charge < -0.3 is 14.7 Å². The lowest BCUT2D eigenvalue weighted by atomic mass is 9.80. The van der Waals surface area contributed by atoms with Gasteiger partial charge in [0.05, 0.1) is 13.2 Å². The van der Waals surface area contributed by atoms with Crippen molar-refractivity contribution in [3.05, 3.63) is 24.3 Å². The van der Waals surface area contributed by atoms with Crippen LogP contribution in [0.3, 0.4) is 0 Å². The summed E-state index contributed by atoms with van der Waals surface area (Å²) in [6.45, 7) is 0. The molecular weight excluding hydrogens is 266 g/mol. The summed E-state index contributed by atoms with van der Waals surface area (Å²) in [6, 6.07) is 7.41. The van der Waals surface area contributed by atoms with Crippen LogP contribution in [0.25, 0.3) is 0 Å². The number of carbonyl (C=O) groups is 1. The summed E-state index contributed by atoms with van der Waals surface area (Å²) in [7, 11) is 1.62. The van der Waals surface area contributed by atoms with Crippen LogP contribution in [0.5, 0.6) is 5.75 Å². The molecule has 1 aromatic carbocycles. The number of benzene rings is 1. The highest BCUT2D eigenvalue weighted by Gasteiger charge is 2.47. The topological polar surface area (TPSA) is 49.8 Å². The lowest BCUT2D eigenvalue weighted by Gasteiger charge is -2.46. The molecule has 0 unspecified atom stereocenters. The Balaban J connectivity index is 1.71. The van der Waals surface area contributed by atoms with Gasteiger partial charge in [-0.3, -0.25) is 4.79 Å². The summed E-state index contributed by atoms with van der Waals surface area (Å²) in [5, 5.41) is 10.0. The summed E-state index contributed by atoms with van der Waals surface area (Å²) in [5.74, 6) is 1.24. The highest BCUT2D eigenvalue weighted by molar-refractivity contribution is 6.04. The van der Waals surface area contributed by atoms with E-state index in [0.29, 0.717) is 5.92 Å². The fourth-order valence-corrected chi connectivity index (χ4v) is 3.59. The third-order valence-corrected chi connectivity index (χ3v) is 4.84. The van der Waals surface area contributed by atoms with E-state index in [-0.39, 0.29) is 11.9 Å². The Bertz CT molecular complexity index is 493. The number of hydrogen-bond acceptors (Lipinski definition) is 3. The Labute approximate surface area is 125 Å². The first kappa shape index (κ1) is 14.4. The molecule has 4 nitrogen and oxygen atoms in total. The second kappa shape index (κ2) is 6.06. The van der Waals surface area contributed by atoms with Crippen molar-refractivity contribution in [1.29, 1.82) is 0 Å². The van der Waals surface area contributed by atoms with Gasteiger partial charge in [-0.2, -0.15) is 0 Å². The van der Waals surface area contributed by atoms with E-state index in [0.717, 1.165) is 17.9 Å². The number of amides is 1. The van der Waals surface area contributed by atoms with E-state index in [9.17, 15) is 9.90 Å². The molecule has 2 atom stereocenters. The average Bonchev–Trinajstić information content (AvgIpc) is 2.55. The minimum absolute atomic E-state index is 0.0611. The van der Waals surface area contributed by atoms with Gasteiger partial charge in [0.2, 0.25) is 0 Å². The maximum atomic E-state index is 12.0. The molecule has 0 radical (unpaired) electrons. The molecule has 0 aromatic heterocycles. The molecule has 1 saturated carbocycles. The predicted octanol–water partition coefficient (Wildman–Crippen LogP) is 2.74. The number of nitrogens with zero attached hydrogens (tertiary/aromatic N) is 1. The number of ether oxygens (including phenoxy) is 1. The van der Waals surface area contributed by atoms with Crippen LogP contribution in [-0.2, 0) is 4.79 Å². The van der Waals surface area contributed by atoms with Gasteiger partial charge in [-0.15, -0.1) is 0 Å². The van der Waals surface area contributed by atoms with Crippen LogP contribution in [0.15, 0.2) is 24.3 Å². The van der Waals surface area contributed by atoms with Gasteiger partial charge in [0.15, 0.2) is 6.10 Å². The fourth-order valence-electron chi connectivity index (χ4n) is 3.59. The number of aliphatic hydroxyl groups excluding tert-OH is 1. The number of anilines is 1. The third-order valence-electron chi connectivity index (χ3n) is 4.84. The SMILES string of the molecule is COc1ccc(N2C(=O)[C@@H](O)[C@H]2CC2CCCCC2)cc1. The largest absolute Gasteiger partial charge is 0.497 e. The van der Waals surface area contributed by atoms with E-state index in [1.54, 1.807) is 12.0 Å². The standard InChI is InChI=1S/C17H23NO3/c1-21-14-9-7-13(8-10-14)18-15(16(19)17(18)20)11-12-5-3-2-4-6-12/h7-10,12,15-16,19H,2-6,11H2,1H3/t15-,16+/m1/s1. The summed E-state index contributed by atoms with van der Waals surface area (Å²) >= 11 is 0. The summed E-state index contributed by atoms with van der Waals surface area (Å²) < 4.78 is 5.14. The molecule has 3 rings (SSSR count). The number of aliphatic hydroxyl groups is 1. The number of carbonyl (C=O) groups excluding carboxylic acids is 1. The van der Waals surface area contributed by atoms with Crippen molar-refractivity contribution < 1.29 is 14.6 Å². The first-order valence-corrected chi connectivity index (χ1v) is 7.86. The molecule has 0 spiro atoms. The van der Waals surface area contributed by atoms with Gasteiger partial charge in [-0.05, 0) is 36.6 Å². The first-order chi connectivity index (χ1) is 10.2. The molecule has 1 heterocycles. The molecule has 1 aliphatic heterocycles. The molecule has 1 aliphatic carbocycles.